The van der Waals surface area contributed by atoms with Gasteiger partial charge in [-0.25, -0.2) is 4.57 Å². The Labute approximate surface area is 430 Å². The summed E-state index contributed by atoms with van der Waals surface area (Å²) in [6.45, 7) is 4.27. The monoisotopic (exact) mass is 999 g/mol. The van der Waals surface area contributed by atoms with Crippen LogP contribution in [0, 0.1) is 0 Å². The molecule has 0 fully saturated rings. The smallest absolute Gasteiger partial charge is 0.462 e. The van der Waals surface area contributed by atoms with Crippen LogP contribution in [0.5, 0.6) is 0 Å². The Balaban J connectivity index is 4.21. The summed E-state index contributed by atoms with van der Waals surface area (Å²) in [6, 6.07) is 0. The van der Waals surface area contributed by atoms with Crippen LogP contribution in [0.1, 0.15) is 219 Å². The van der Waals surface area contributed by atoms with Crippen LogP contribution < -0.4 is 0 Å². The second-order valence-corrected chi connectivity index (χ2v) is 21.0. The molecule has 0 aromatic rings. The summed E-state index contributed by atoms with van der Waals surface area (Å²) in [5, 5.41) is 0. The number of hydrogen-bond acceptors (Lipinski definition) is 7. The Bertz CT molecular complexity index is 1500. The van der Waals surface area contributed by atoms with E-state index in [2.05, 4.69) is 111 Å². The predicted molar refractivity (Wildman–Crippen MR) is 298 cm³/mol. The number of phosphoric ester groups is 1. The number of ether oxygens (including phenoxy) is 2. The zero-order chi connectivity index (χ0) is 51.3. The average molecular weight is 999 g/mol. The maximum atomic E-state index is 12.8. The largest absolute Gasteiger partial charge is 0.472 e. The summed E-state index contributed by atoms with van der Waals surface area (Å²) in [4.78, 5) is 35.6. The highest BCUT2D eigenvalue weighted by atomic mass is 31.2. The van der Waals surface area contributed by atoms with E-state index in [0.29, 0.717) is 17.4 Å². The van der Waals surface area contributed by atoms with Crippen LogP contribution in [0.4, 0.5) is 0 Å². The van der Waals surface area contributed by atoms with Gasteiger partial charge in [0.2, 0.25) is 0 Å². The Morgan fingerprint density at radius 1 is 0.457 bits per heavy atom. The molecule has 0 bridgehead atoms. The molecule has 0 aliphatic rings. The van der Waals surface area contributed by atoms with Gasteiger partial charge in [-0.2, -0.15) is 0 Å². The number of likely N-dealkylation sites (N-methyl/N-ethyl adjacent to an activating group) is 1. The Morgan fingerprint density at radius 3 is 1.21 bits per heavy atom. The van der Waals surface area contributed by atoms with Gasteiger partial charge in [0.15, 0.2) is 6.10 Å². The van der Waals surface area contributed by atoms with Crippen LogP contribution in [-0.2, 0) is 32.7 Å². The van der Waals surface area contributed by atoms with E-state index in [0.717, 1.165) is 103 Å². The van der Waals surface area contributed by atoms with Crippen molar-refractivity contribution in [1.29, 1.82) is 0 Å². The maximum Gasteiger partial charge on any atom is 0.472 e. The van der Waals surface area contributed by atoms with Gasteiger partial charge in [-0.15, -0.1) is 0 Å². The third-order valence-electron chi connectivity index (χ3n) is 11.6. The first-order valence-corrected chi connectivity index (χ1v) is 29.5. The number of carbonyl (C=O) groups excluding carboxylic acids is 2. The second-order valence-electron chi connectivity index (χ2n) is 19.6. The predicted octanol–water partition coefficient (Wildman–Crippen LogP) is 17.3. The fraction of sp³-hybridized carbons (Fsp3) is 0.700. The molecule has 402 valence electrons. The molecule has 70 heavy (non-hydrogen) atoms. The lowest BCUT2D eigenvalue weighted by molar-refractivity contribution is -0.870. The van der Waals surface area contributed by atoms with Crippen LogP contribution in [-0.4, -0.2) is 74.9 Å². The molecule has 9 nitrogen and oxygen atoms in total. The number of quaternary nitrogens is 1. The minimum atomic E-state index is -4.39. The Kier molecular flexibility index (Phi) is 48.6. The quantitative estimate of drug-likeness (QED) is 0.0211. The molecule has 0 radical (unpaired) electrons. The average Bonchev–Trinajstić information content (AvgIpc) is 3.32. The summed E-state index contributed by atoms with van der Waals surface area (Å²) in [7, 11) is 1.46. The number of nitrogens with zero attached hydrogens (tertiary/aromatic N) is 1. The SMILES string of the molecule is CC/C=C\C/C=C\C/C=C\C/C=C\C/C=C\C/C=C\CCCCCCCCCCCCC(=O)OC(COC(=O)CCCCCCCCC/C=C\C/C=C\CCCCC)COP(=O)(O)OCC[N+](C)(C)C. The molecule has 0 heterocycles. The third kappa shape index (κ3) is 54.3. The Morgan fingerprint density at radius 2 is 0.814 bits per heavy atom. The lowest BCUT2D eigenvalue weighted by Gasteiger charge is -2.24. The van der Waals surface area contributed by atoms with Crippen LogP contribution in [0.2, 0.25) is 0 Å². The van der Waals surface area contributed by atoms with Crippen molar-refractivity contribution in [1.82, 2.24) is 0 Å². The first-order chi connectivity index (χ1) is 34.0. The molecule has 0 rings (SSSR count). The number of esters is 2. The van der Waals surface area contributed by atoms with Gasteiger partial charge >= 0.3 is 19.8 Å². The standard InChI is InChI=1S/C60H104NO8P/c1-6-8-10-12-14-16-18-20-22-24-25-26-27-28-29-30-31-32-33-34-35-37-39-41-43-45-47-49-51-53-60(63)69-58(57-68-70(64,65)67-55-54-61(3,4)5)56-66-59(62)52-50-48-46-44-42-40-38-36-23-21-19-17-15-13-11-9-7-2/h8,10,14-17,20-23,25-26,28-29,31-32,58H,6-7,9,11-13,18-19,24,27,30,33-57H2,1-5H3/p+1/b10-8-,16-14-,17-15-,22-20-,23-21-,26-25-,29-28-,32-31-. The molecule has 0 saturated heterocycles. The van der Waals surface area contributed by atoms with Gasteiger partial charge in [-0.3, -0.25) is 18.6 Å². The van der Waals surface area contributed by atoms with Crippen molar-refractivity contribution in [3.63, 3.8) is 0 Å². The molecular weight excluding hydrogens is 894 g/mol. The van der Waals surface area contributed by atoms with E-state index in [1.54, 1.807) is 0 Å². The number of unbranched alkanes of at least 4 members (excludes halogenated alkanes) is 20. The van der Waals surface area contributed by atoms with Crippen molar-refractivity contribution in [2.24, 2.45) is 0 Å². The molecule has 2 atom stereocenters. The van der Waals surface area contributed by atoms with Crippen molar-refractivity contribution in [2.75, 3.05) is 47.5 Å². The number of rotatable bonds is 50. The first-order valence-electron chi connectivity index (χ1n) is 28.0. The molecular formula is C60H105NO8P+. The summed E-state index contributed by atoms with van der Waals surface area (Å²) >= 11 is 0. The zero-order valence-corrected chi connectivity index (χ0v) is 46.4. The molecule has 0 amide bonds. The molecule has 0 saturated carbocycles. The van der Waals surface area contributed by atoms with Crippen molar-refractivity contribution >= 4 is 19.8 Å². The van der Waals surface area contributed by atoms with Crippen LogP contribution in [0.25, 0.3) is 0 Å². The highest BCUT2D eigenvalue weighted by molar-refractivity contribution is 7.47. The maximum absolute atomic E-state index is 12.8. The highest BCUT2D eigenvalue weighted by Crippen LogP contribution is 2.43. The van der Waals surface area contributed by atoms with E-state index in [-0.39, 0.29) is 32.0 Å². The number of hydrogen-bond donors (Lipinski definition) is 1. The van der Waals surface area contributed by atoms with Crippen LogP contribution in [0.15, 0.2) is 97.2 Å². The van der Waals surface area contributed by atoms with E-state index in [4.69, 9.17) is 18.5 Å². The van der Waals surface area contributed by atoms with Crippen molar-refractivity contribution < 1.29 is 42.1 Å². The summed E-state index contributed by atoms with van der Waals surface area (Å²) in [5.74, 6) is -0.815. The summed E-state index contributed by atoms with van der Waals surface area (Å²) in [6.07, 6.45) is 68.9. The minimum Gasteiger partial charge on any atom is -0.462 e. The lowest BCUT2D eigenvalue weighted by Crippen LogP contribution is -2.37. The van der Waals surface area contributed by atoms with Gasteiger partial charge in [0.25, 0.3) is 0 Å². The zero-order valence-electron chi connectivity index (χ0n) is 45.5. The first kappa shape index (κ1) is 66.9. The van der Waals surface area contributed by atoms with E-state index in [1.807, 2.05) is 21.1 Å². The van der Waals surface area contributed by atoms with E-state index >= 15 is 0 Å². The van der Waals surface area contributed by atoms with Gasteiger partial charge in [0.05, 0.1) is 27.7 Å². The van der Waals surface area contributed by atoms with Gasteiger partial charge in [-0.05, 0) is 96.3 Å². The number of phosphoric acid groups is 1. The fourth-order valence-corrected chi connectivity index (χ4v) is 8.02. The summed E-state index contributed by atoms with van der Waals surface area (Å²) in [5.41, 5.74) is 0. The summed E-state index contributed by atoms with van der Waals surface area (Å²) < 4.78 is 34.5. The number of allylic oxidation sites excluding steroid dienone is 16. The second kappa shape index (κ2) is 50.9. The fourth-order valence-electron chi connectivity index (χ4n) is 7.28. The number of carbonyl (C=O) groups is 2. The van der Waals surface area contributed by atoms with Crippen LogP contribution in [0.3, 0.4) is 0 Å². The Hall–Kier alpha value is -3.07. The molecule has 0 aromatic heterocycles. The van der Waals surface area contributed by atoms with E-state index < -0.39 is 26.5 Å². The molecule has 0 spiro atoms. The highest BCUT2D eigenvalue weighted by Gasteiger charge is 2.27. The normalized spacial score (nSPS) is 14.1. The molecule has 0 aromatic carbocycles. The van der Waals surface area contributed by atoms with Crippen molar-refractivity contribution in [3.05, 3.63) is 97.2 Å². The van der Waals surface area contributed by atoms with Gasteiger partial charge in [0, 0.05) is 12.8 Å². The molecule has 10 heteroatoms. The van der Waals surface area contributed by atoms with Gasteiger partial charge < -0.3 is 18.9 Å². The topological polar surface area (TPSA) is 108 Å². The molecule has 2 unspecified atom stereocenters. The van der Waals surface area contributed by atoms with Gasteiger partial charge in [-0.1, -0.05) is 207 Å². The molecule has 1 N–H and O–H groups in total. The molecule has 0 aliphatic carbocycles. The van der Waals surface area contributed by atoms with E-state index in [1.165, 1.54) is 83.5 Å². The minimum absolute atomic E-state index is 0.0250. The lowest BCUT2D eigenvalue weighted by atomic mass is 10.0. The van der Waals surface area contributed by atoms with E-state index in [9.17, 15) is 19.0 Å². The van der Waals surface area contributed by atoms with Gasteiger partial charge in [0.1, 0.15) is 19.8 Å². The van der Waals surface area contributed by atoms with Crippen molar-refractivity contribution in [2.45, 2.75) is 225 Å². The third-order valence-corrected chi connectivity index (χ3v) is 12.6. The molecule has 0 aliphatic heterocycles. The van der Waals surface area contributed by atoms with Crippen LogP contribution >= 0.6 is 7.82 Å². The van der Waals surface area contributed by atoms with Crippen molar-refractivity contribution in [3.8, 4) is 0 Å².